The Morgan fingerprint density at radius 3 is 2.84 bits per heavy atom. The molecule has 1 aromatic carbocycles. The normalized spacial score (nSPS) is 22.4. The fourth-order valence-electron chi connectivity index (χ4n) is 2.68. The second-order valence-electron chi connectivity index (χ2n) is 5.57. The van der Waals surface area contributed by atoms with Gasteiger partial charge < -0.3 is 10.2 Å². The number of nitrogens with zero attached hydrogens (tertiary/aromatic N) is 1. The van der Waals surface area contributed by atoms with Gasteiger partial charge in [0, 0.05) is 12.6 Å². The van der Waals surface area contributed by atoms with Gasteiger partial charge in [0.25, 0.3) is 0 Å². The summed E-state index contributed by atoms with van der Waals surface area (Å²) in [4.78, 5) is 2.35. The molecule has 0 saturated carbocycles. The maximum absolute atomic E-state index is 13.2. The topological polar surface area (TPSA) is 15.3 Å². The predicted molar refractivity (Wildman–Crippen MR) is 73.0 cm³/mol. The van der Waals surface area contributed by atoms with Gasteiger partial charge in [-0.15, -0.1) is 0 Å². The van der Waals surface area contributed by atoms with Crippen molar-refractivity contribution in [2.75, 3.05) is 26.7 Å². The molecule has 1 aromatic rings. The molecule has 106 valence electrons. The molecule has 1 aliphatic heterocycles. The smallest absolute Gasteiger partial charge is 0.159 e. The Hall–Kier alpha value is -1.00. The Morgan fingerprint density at radius 2 is 2.16 bits per heavy atom. The van der Waals surface area contributed by atoms with E-state index in [4.69, 9.17) is 0 Å². The summed E-state index contributed by atoms with van der Waals surface area (Å²) >= 11 is 0. The minimum absolute atomic E-state index is 0.0438. The van der Waals surface area contributed by atoms with Crippen LogP contribution in [0.5, 0.6) is 0 Å². The lowest BCUT2D eigenvalue weighted by molar-refractivity contribution is 0.203. The van der Waals surface area contributed by atoms with Crippen LogP contribution in [0, 0.1) is 17.6 Å². The van der Waals surface area contributed by atoms with Gasteiger partial charge in [0.15, 0.2) is 11.6 Å². The zero-order valence-electron chi connectivity index (χ0n) is 11.6. The number of hydrogen-bond acceptors (Lipinski definition) is 2. The molecule has 19 heavy (non-hydrogen) atoms. The zero-order chi connectivity index (χ0) is 13.8. The lowest BCUT2D eigenvalue weighted by Crippen LogP contribution is -2.37. The highest BCUT2D eigenvalue weighted by atomic mass is 19.2. The third kappa shape index (κ3) is 3.98. The van der Waals surface area contributed by atoms with Crippen molar-refractivity contribution in [3.63, 3.8) is 0 Å². The summed E-state index contributed by atoms with van der Waals surface area (Å²) in [5, 5.41) is 3.42. The first-order valence-electron chi connectivity index (χ1n) is 6.93. The van der Waals surface area contributed by atoms with Crippen molar-refractivity contribution >= 4 is 0 Å². The summed E-state index contributed by atoms with van der Waals surface area (Å²) in [6.45, 7) is 5.19. The van der Waals surface area contributed by atoms with Gasteiger partial charge in [-0.3, -0.25) is 0 Å². The van der Waals surface area contributed by atoms with Crippen molar-refractivity contribution in [3.8, 4) is 0 Å². The van der Waals surface area contributed by atoms with Crippen LogP contribution in [0.2, 0.25) is 0 Å². The maximum Gasteiger partial charge on any atom is 0.159 e. The highest BCUT2D eigenvalue weighted by Gasteiger charge is 2.18. The first-order valence-corrected chi connectivity index (χ1v) is 6.93. The molecular formula is C15H22F2N2. The van der Waals surface area contributed by atoms with E-state index in [0.717, 1.165) is 18.7 Å². The summed E-state index contributed by atoms with van der Waals surface area (Å²) < 4.78 is 26.1. The number of rotatable bonds is 4. The molecule has 0 spiro atoms. The van der Waals surface area contributed by atoms with E-state index in [1.807, 2.05) is 6.92 Å². The number of hydrogen-bond donors (Lipinski definition) is 1. The SMILES string of the molecule is CC(NCC1CCCN(C)C1)c1ccc(F)c(F)c1. The van der Waals surface area contributed by atoms with Gasteiger partial charge in [-0.1, -0.05) is 6.07 Å². The molecule has 0 aromatic heterocycles. The van der Waals surface area contributed by atoms with Gasteiger partial charge in [0.05, 0.1) is 0 Å². The number of benzene rings is 1. The fourth-order valence-corrected chi connectivity index (χ4v) is 2.68. The Bertz CT molecular complexity index is 423. The van der Waals surface area contributed by atoms with Crippen molar-refractivity contribution in [3.05, 3.63) is 35.4 Å². The van der Waals surface area contributed by atoms with E-state index in [-0.39, 0.29) is 6.04 Å². The molecule has 0 bridgehead atoms. The Balaban J connectivity index is 1.86. The lowest BCUT2D eigenvalue weighted by Gasteiger charge is -2.30. The van der Waals surface area contributed by atoms with Gasteiger partial charge in [-0.2, -0.15) is 0 Å². The predicted octanol–water partition coefficient (Wildman–Crippen LogP) is 2.96. The third-order valence-electron chi connectivity index (χ3n) is 3.88. The minimum atomic E-state index is -0.787. The second-order valence-corrected chi connectivity index (χ2v) is 5.57. The molecule has 0 amide bonds. The number of piperidine rings is 1. The van der Waals surface area contributed by atoms with Crippen molar-refractivity contribution in [2.45, 2.75) is 25.8 Å². The fraction of sp³-hybridized carbons (Fsp3) is 0.600. The number of likely N-dealkylation sites (tertiary alicyclic amines) is 1. The Kier molecular flexibility index (Phi) is 4.88. The van der Waals surface area contributed by atoms with Gasteiger partial charge >= 0.3 is 0 Å². The van der Waals surface area contributed by atoms with Crippen LogP contribution in [-0.2, 0) is 0 Å². The molecule has 4 heteroatoms. The summed E-state index contributed by atoms with van der Waals surface area (Å²) in [7, 11) is 2.14. The van der Waals surface area contributed by atoms with Crippen LogP contribution in [-0.4, -0.2) is 31.6 Å². The maximum atomic E-state index is 13.2. The van der Waals surface area contributed by atoms with Crippen LogP contribution in [0.1, 0.15) is 31.4 Å². The minimum Gasteiger partial charge on any atom is -0.310 e. The first kappa shape index (κ1) is 14.4. The number of halogens is 2. The van der Waals surface area contributed by atoms with Crippen molar-refractivity contribution in [1.29, 1.82) is 0 Å². The average molecular weight is 268 g/mol. The van der Waals surface area contributed by atoms with E-state index in [1.165, 1.54) is 31.5 Å². The molecule has 2 unspecified atom stereocenters. The highest BCUT2D eigenvalue weighted by Crippen LogP contribution is 2.18. The standard InChI is InChI=1S/C15H22F2N2/c1-11(13-5-6-14(16)15(17)8-13)18-9-12-4-3-7-19(2)10-12/h5-6,8,11-12,18H,3-4,7,9-10H2,1-2H3. The lowest BCUT2D eigenvalue weighted by atomic mass is 9.97. The van der Waals surface area contributed by atoms with E-state index in [9.17, 15) is 8.78 Å². The molecule has 1 fully saturated rings. The van der Waals surface area contributed by atoms with E-state index in [2.05, 4.69) is 17.3 Å². The molecule has 1 aliphatic rings. The largest absolute Gasteiger partial charge is 0.310 e. The van der Waals surface area contributed by atoms with Crippen LogP contribution in [0.25, 0.3) is 0 Å². The number of nitrogens with one attached hydrogen (secondary N) is 1. The first-order chi connectivity index (χ1) is 9.06. The van der Waals surface area contributed by atoms with Crippen LogP contribution >= 0.6 is 0 Å². The van der Waals surface area contributed by atoms with Crippen molar-refractivity contribution in [2.24, 2.45) is 5.92 Å². The monoisotopic (exact) mass is 268 g/mol. The van der Waals surface area contributed by atoms with E-state index < -0.39 is 11.6 Å². The van der Waals surface area contributed by atoms with Crippen LogP contribution in [0.3, 0.4) is 0 Å². The van der Waals surface area contributed by atoms with E-state index >= 15 is 0 Å². The molecule has 1 N–H and O–H groups in total. The molecule has 2 atom stereocenters. The Labute approximate surface area is 113 Å². The van der Waals surface area contributed by atoms with Gasteiger partial charge in [-0.25, -0.2) is 8.78 Å². The zero-order valence-corrected chi connectivity index (χ0v) is 11.6. The summed E-state index contributed by atoms with van der Waals surface area (Å²) in [6.07, 6.45) is 2.48. The molecule has 0 aliphatic carbocycles. The summed E-state index contributed by atoms with van der Waals surface area (Å²) in [6, 6.07) is 4.16. The molecule has 2 rings (SSSR count). The van der Waals surface area contributed by atoms with Gasteiger partial charge in [-0.05, 0) is 63.5 Å². The van der Waals surface area contributed by atoms with Gasteiger partial charge in [0.1, 0.15) is 0 Å². The molecular weight excluding hydrogens is 246 g/mol. The third-order valence-corrected chi connectivity index (χ3v) is 3.88. The van der Waals surface area contributed by atoms with Gasteiger partial charge in [0.2, 0.25) is 0 Å². The van der Waals surface area contributed by atoms with Crippen LogP contribution in [0.15, 0.2) is 18.2 Å². The molecule has 0 radical (unpaired) electrons. The van der Waals surface area contributed by atoms with Crippen molar-refractivity contribution in [1.82, 2.24) is 10.2 Å². The average Bonchev–Trinajstić information content (AvgIpc) is 2.39. The summed E-state index contributed by atoms with van der Waals surface area (Å²) in [5.41, 5.74) is 0.795. The molecule has 1 saturated heterocycles. The molecule has 1 heterocycles. The Morgan fingerprint density at radius 1 is 1.37 bits per heavy atom. The second kappa shape index (κ2) is 6.44. The van der Waals surface area contributed by atoms with Crippen molar-refractivity contribution < 1.29 is 8.78 Å². The van der Waals surface area contributed by atoms with Crippen LogP contribution < -0.4 is 5.32 Å². The summed E-state index contributed by atoms with van der Waals surface area (Å²) in [5.74, 6) is -0.917. The van der Waals surface area contributed by atoms with Crippen LogP contribution in [0.4, 0.5) is 8.78 Å². The molecule has 2 nitrogen and oxygen atoms in total. The van der Waals surface area contributed by atoms with E-state index in [1.54, 1.807) is 6.07 Å². The quantitative estimate of drug-likeness (QED) is 0.903. The highest BCUT2D eigenvalue weighted by molar-refractivity contribution is 5.20. The van der Waals surface area contributed by atoms with E-state index in [0.29, 0.717) is 5.92 Å².